The highest BCUT2D eigenvalue weighted by molar-refractivity contribution is 6.13. The summed E-state index contributed by atoms with van der Waals surface area (Å²) in [5, 5.41) is 4.97. The predicted molar refractivity (Wildman–Crippen MR) is 209 cm³/mol. The molecule has 0 spiro atoms. The van der Waals surface area contributed by atoms with Gasteiger partial charge in [-0.15, -0.1) is 0 Å². The maximum atomic E-state index is 4.26. The van der Waals surface area contributed by atoms with E-state index >= 15 is 0 Å². The number of aromatic nitrogens is 2. The van der Waals surface area contributed by atoms with Crippen molar-refractivity contribution in [3.63, 3.8) is 0 Å². The molecule has 7 aromatic rings. The van der Waals surface area contributed by atoms with Gasteiger partial charge >= 0.3 is 0 Å². The minimum atomic E-state index is 0.148. The standard InChI is InChI=1S/C45H45N3/c1-10-32(8)46(29(4)5)35-19-23-43-39(27-35)40-28-36(20-24-44(40)47(43)34-17-13-30(6)14-18-34)48-41-21-15-31(7)25-37(41)38-26-33(16-22-42(38)48)45(9,11-2)12-3/h10,13-28H,1,4,8,11-12H2,2-3,5-7,9H3. The van der Waals surface area contributed by atoms with Crippen molar-refractivity contribution in [3.05, 3.63) is 151 Å². The van der Waals surface area contributed by atoms with E-state index in [-0.39, 0.29) is 5.41 Å². The van der Waals surface area contributed by atoms with Crippen LogP contribution < -0.4 is 4.90 Å². The highest BCUT2D eigenvalue weighted by atomic mass is 15.1. The summed E-state index contributed by atoms with van der Waals surface area (Å²) in [6.07, 6.45) is 4.00. The molecule has 0 unspecified atom stereocenters. The van der Waals surface area contributed by atoms with Gasteiger partial charge in [0.15, 0.2) is 0 Å². The van der Waals surface area contributed by atoms with Crippen molar-refractivity contribution in [1.29, 1.82) is 0 Å². The fourth-order valence-corrected chi connectivity index (χ4v) is 7.42. The maximum Gasteiger partial charge on any atom is 0.0542 e. The molecule has 0 N–H and O–H groups in total. The van der Waals surface area contributed by atoms with Gasteiger partial charge in [0, 0.05) is 50.0 Å². The zero-order chi connectivity index (χ0) is 33.9. The zero-order valence-electron chi connectivity index (χ0n) is 29.2. The molecule has 3 heteroatoms. The van der Waals surface area contributed by atoms with Crippen LogP contribution in [0.2, 0.25) is 0 Å². The first kappa shape index (κ1) is 31.3. The van der Waals surface area contributed by atoms with Crippen molar-refractivity contribution in [2.24, 2.45) is 0 Å². The maximum absolute atomic E-state index is 4.26. The van der Waals surface area contributed by atoms with E-state index in [0.29, 0.717) is 0 Å². The third kappa shape index (κ3) is 4.88. The first-order valence-electron chi connectivity index (χ1n) is 17.1. The van der Waals surface area contributed by atoms with E-state index < -0.39 is 0 Å². The van der Waals surface area contributed by atoms with E-state index in [2.05, 4.69) is 165 Å². The van der Waals surface area contributed by atoms with Crippen LogP contribution in [0, 0.1) is 13.8 Å². The molecule has 3 nitrogen and oxygen atoms in total. The summed E-state index contributed by atoms with van der Waals surface area (Å²) in [5.41, 5.74) is 13.8. The Kier molecular flexibility index (Phi) is 7.67. The molecule has 0 bridgehead atoms. The number of rotatable bonds is 9. The largest absolute Gasteiger partial charge is 0.316 e. The molecule has 0 amide bonds. The Morgan fingerprint density at radius 3 is 1.77 bits per heavy atom. The average Bonchev–Trinajstić information content (AvgIpc) is 3.59. The first-order valence-corrected chi connectivity index (χ1v) is 17.1. The van der Waals surface area contributed by atoms with Gasteiger partial charge in [-0.25, -0.2) is 0 Å². The van der Waals surface area contributed by atoms with Gasteiger partial charge in [0.1, 0.15) is 0 Å². The molecule has 240 valence electrons. The summed E-state index contributed by atoms with van der Waals surface area (Å²) < 4.78 is 4.82. The minimum absolute atomic E-state index is 0.148. The minimum Gasteiger partial charge on any atom is -0.316 e. The topological polar surface area (TPSA) is 13.1 Å². The Hall–Kier alpha value is -5.28. The van der Waals surface area contributed by atoms with E-state index in [1.165, 1.54) is 54.8 Å². The fourth-order valence-electron chi connectivity index (χ4n) is 7.42. The third-order valence-electron chi connectivity index (χ3n) is 10.6. The van der Waals surface area contributed by atoms with Gasteiger partial charge in [-0.1, -0.05) is 75.9 Å². The van der Waals surface area contributed by atoms with E-state index in [1.807, 2.05) is 6.92 Å². The molecule has 0 saturated heterocycles. The highest BCUT2D eigenvalue weighted by Crippen LogP contribution is 2.41. The lowest BCUT2D eigenvalue weighted by Crippen LogP contribution is -2.19. The fraction of sp³-hybridized carbons (Fsp3) is 0.200. The van der Waals surface area contributed by atoms with Crippen molar-refractivity contribution in [2.75, 3.05) is 4.90 Å². The molecular weight excluding hydrogens is 583 g/mol. The lowest BCUT2D eigenvalue weighted by molar-refractivity contribution is 0.439. The van der Waals surface area contributed by atoms with Gasteiger partial charge < -0.3 is 14.0 Å². The monoisotopic (exact) mass is 627 g/mol. The molecule has 0 aliphatic heterocycles. The van der Waals surface area contributed by atoms with Gasteiger partial charge in [0.05, 0.1) is 22.1 Å². The molecule has 0 radical (unpaired) electrons. The molecule has 0 fully saturated rings. The Morgan fingerprint density at radius 1 is 0.646 bits per heavy atom. The van der Waals surface area contributed by atoms with Crippen LogP contribution in [0.3, 0.4) is 0 Å². The van der Waals surface area contributed by atoms with Crippen LogP contribution in [0.15, 0.2) is 134 Å². The Labute approximate surface area is 284 Å². The van der Waals surface area contributed by atoms with Crippen LogP contribution >= 0.6 is 0 Å². The van der Waals surface area contributed by atoms with Crippen molar-refractivity contribution in [3.8, 4) is 11.4 Å². The number of benzene rings is 5. The van der Waals surface area contributed by atoms with E-state index in [4.69, 9.17) is 0 Å². The number of anilines is 1. The van der Waals surface area contributed by atoms with Crippen molar-refractivity contribution in [1.82, 2.24) is 9.13 Å². The van der Waals surface area contributed by atoms with Crippen molar-refractivity contribution >= 4 is 49.3 Å². The highest BCUT2D eigenvalue weighted by Gasteiger charge is 2.24. The van der Waals surface area contributed by atoms with Crippen LogP contribution in [0.5, 0.6) is 0 Å². The normalized spacial score (nSPS) is 12.0. The van der Waals surface area contributed by atoms with Gasteiger partial charge in [-0.05, 0) is 123 Å². The second kappa shape index (κ2) is 11.8. The Bertz CT molecular complexity index is 2410. The Morgan fingerprint density at radius 2 is 1.15 bits per heavy atom. The molecule has 2 heterocycles. The van der Waals surface area contributed by atoms with Crippen LogP contribution in [0.4, 0.5) is 5.69 Å². The lowest BCUT2D eigenvalue weighted by Gasteiger charge is -2.27. The quantitative estimate of drug-likeness (QED) is 0.145. The van der Waals surface area contributed by atoms with Gasteiger partial charge in [0.25, 0.3) is 0 Å². The first-order chi connectivity index (χ1) is 23.1. The predicted octanol–water partition coefficient (Wildman–Crippen LogP) is 12.6. The second-order valence-corrected chi connectivity index (χ2v) is 13.7. The molecule has 0 saturated carbocycles. The molecule has 5 aromatic carbocycles. The summed E-state index contributed by atoms with van der Waals surface area (Å²) in [6, 6.07) is 36.4. The summed E-state index contributed by atoms with van der Waals surface area (Å²) in [6.45, 7) is 25.8. The molecule has 0 aliphatic carbocycles. The van der Waals surface area contributed by atoms with Crippen molar-refractivity contribution in [2.45, 2.75) is 59.8 Å². The van der Waals surface area contributed by atoms with E-state index in [1.54, 1.807) is 6.08 Å². The molecule has 7 rings (SSSR count). The van der Waals surface area contributed by atoms with Crippen LogP contribution in [-0.2, 0) is 5.41 Å². The summed E-state index contributed by atoms with van der Waals surface area (Å²) >= 11 is 0. The summed E-state index contributed by atoms with van der Waals surface area (Å²) in [4.78, 5) is 2.07. The number of hydrogen-bond acceptors (Lipinski definition) is 1. The van der Waals surface area contributed by atoms with Crippen molar-refractivity contribution < 1.29 is 0 Å². The number of fused-ring (bicyclic) bond motifs is 6. The van der Waals surface area contributed by atoms with E-state index in [0.717, 1.165) is 46.8 Å². The van der Waals surface area contributed by atoms with Gasteiger partial charge in [-0.3, -0.25) is 0 Å². The van der Waals surface area contributed by atoms with Crippen LogP contribution in [0.1, 0.15) is 57.2 Å². The van der Waals surface area contributed by atoms with E-state index in [9.17, 15) is 0 Å². The second-order valence-electron chi connectivity index (χ2n) is 13.7. The van der Waals surface area contributed by atoms with Crippen LogP contribution in [0.25, 0.3) is 55.0 Å². The smallest absolute Gasteiger partial charge is 0.0542 e. The number of aryl methyl sites for hydroxylation is 2. The molecular formula is C45H45N3. The summed E-state index contributed by atoms with van der Waals surface area (Å²) in [7, 11) is 0. The number of hydrogen-bond donors (Lipinski definition) is 0. The SMILES string of the molecule is C=CC(=C)N(C(=C)C)c1ccc2c(c1)c1cc(-n3c4ccc(C)cc4c4cc(C(C)(CC)CC)ccc43)ccc1n2-c1ccc(C)cc1. The van der Waals surface area contributed by atoms with Gasteiger partial charge in [0.2, 0.25) is 0 Å². The molecule has 48 heavy (non-hydrogen) atoms. The molecule has 2 aromatic heterocycles. The third-order valence-corrected chi connectivity index (χ3v) is 10.6. The zero-order valence-corrected chi connectivity index (χ0v) is 29.2. The number of allylic oxidation sites excluding steroid dienone is 2. The Balaban J connectivity index is 1.54. The molecule has 0 aliphatic rings. The lowest BCUT2D eigenvalue weighted by atomic mass is 9.77. The summed E-state index contributed by atoms with van der Waals surface area (Å²) in [5.74, 6) is 0. The number of nitrogens with zero attached hydrogens (tertiary/aromatic N) is 3. The molecule has 0 atom stereocenters. The average molecular weight is 628 g/mol. The van der Waals surface area contributed by atoms with Crippen LogP contribution in [-0.4, -0.2) is 9.13 Å². The van der Waals surface area contributed by atoms with Gasteiger partial charge in [-0.2, -0.15) is 0 Å².